The average molecular weight is 403 g/mol. The predicted octanol–water partition coefficient (Wildman–Crippen LogP) is 4.46. The molecule has 1 aliphatic rings. The van der Waals surface area contributed by atoms with Crippen molar-refractivity contribution in [2.75, 3.05) is 36.0 Å². The van der Waals surface area contributed by atoms with Crippen molar-refractivity contribution in [3.05, 3.63) is 48.3 Å². The summed E-state index contributed by atoms with van der Waals surface area (Å²) in [5.41, 5.74) is 2.32. The van der Waals surface area contributed by atoms with E-state index in [4.69, 9.17) is 4.43 Å². The number of halogens is 1. The monoisotopic (exact) mass is 402 g/mol. The van der Waals surface area contributed by atoms with E-state index in [1.54, 1.807) is 0 Å². The van der Waals surface area contributed by atoms with Gasteiger partial charge in [-0.2, -0.15) is 0 Å². The highest BCUT2D eigenvalue weighted by Crippen LogP contribution is 2.37. The van der Waals surface area contributed by atoms with Crippen LogP contribution in [-0.2, 0) is 11.0 Å². The minimum absolute atomic E-state index is 0.110. The van der Waals surface area contributed by atoms with Crippen molar-refractivity contribution in [2.24, 2.45) is 0 Å². The van der Waals surface area contributed by atoms with Crippen molar-refractivity contribution in [3.8, 4) is 0 Å². The summed E-state index contributed by atoms with van der Waals surface area (Å²) >= 11 is 0. The third-order valence-electron chi connectivity index (χ3n) is 5.99. The van der Waals surface area contributed by atoms with Crippen LogP contribution in [0.2, 0.25) is 18.1 Å². The maximum atomic E-state index is 15.2. The molecule has 1 saturated heterocycles. The molecule has 0 N–H and O–H groups in total. The summed E-state index contributed by atoms with van der Waals surface area (Å²) in [6.07, 6.45) is 5.18. The lowest BCUT2D eigenvalue weighted by Crippen LogP contribution is -2.47. The van der Waals surface area contributed by atoms with Crippen molar-refractivity contribution in [1.82, 2.24) is 9.97 Å². The number of hydrogen-bond donors (Lipinski definition) is 0. The zero-order chi connectivity index (χ0) is 20.4. The number of rotatable bonds is 5. The highest BCUT2D eigenvalue weighted by molar-refractivity contribution is 6.74. The summed E-state index contributed by atoms with van der Waals surface area (Å²) in [4.78, 5) is 12.5. The van der Waals surface area contributed by atoms with Gasteiger partial charge in [0.2, 0.25) is 0 Å². The fraction of sp³-hybridized carbons (Fsp3) is 0.524. The van der Waals surface area contributed by atoms with Crippen LogP contribution in [0.5, 0.6) is 0 Å². The molecule has 3 rings (SSSR count). The molecule has 0 bridgehead atoms. The SMILES string of the molecule is CC(C)(C)[Si](C)(C)OCc1cccc(N2CCN(c3cncnc3)CC2)c1F. The van der Waals surface area contributed by atoms with E-state index in [-0.39, 0.29) is 10.9 Å². The maximum Gasteiger partial charge on any atom is 0.192 e. The van der Waals surface area contributed by atoms with Gasteiger partial charge in [-0.15, -0.1) is 0 Å². The van der Waals surface area contributed by atoms with Gasteiger partial charge in [0, 0.05) is 31.7 Å². The quantitative estimate of drug-likeness (QED) is 0.691. The molecule has 0 saturated carbocycles. The number of piperazine rings is 1. The summed E-state index contributed by atoms with van der Waals surface area (Å²) in [5, 5.41) is 0.110. The normalized spacial score (nSPS) is 15.8. The third kappa shape index (κ3) is 4.52. The average Bonchev–Trinajstić information content (AvgIpc) is 2.67. The van der Waals surface area contributed by atoms with Gasteiger partial charge in [-0.1, -0.05) is 32.9 Å². The zero-order valence-electron chi connectivity index (χ0n) is 17.6. The summed E-state index contributed by atoms with van der Waals surface area (Å²) in [6, 6.07) is 5.64. The second-order valence-corrected chi connectivity index (χ2v) is 13.7. The Balaban J connectivity index is 1.67. The molecule has 1 aromatic heterocycles. The van der Waals surface area contributed by atoms with E-state index in [0.29, 0.717) is 17.9 Å². The van der Waals surface area contributed by atoms with Crippen LogP contribution in [0.4, 0.5) is 15.8 Å². The van der Waals surface area contributed by atoms with E-state index in [1.807, 2.05) is 30.6 Å². The van der Waals surface area contributed by atoms with Crippen LogP contribution < -0.4 is 9.80 Å². The molecule has 2 aromatic rings. The Morgan fingerprint density at radius 2 is 1.64 bits per heavy atom. The van der Waals surface area contributed by atoms with Gasteiger partial charge in [0.25, 0.3) is 0 Å². The largest absolute Gasteiger partial charge is 0.412 e. The summed E-state index contributed by atoms with van der Waals surface area (Å²) in [7, 11) is -1.91. The zero-order valence-corrected chi connectivity index (χ0v) is 18.6. The highest BCUT2D eigenvalue weighted by Gasteiger charge is 2.37. The van der Waals surface area contributed by atoms with Gasteiger partial charge >= 0.3 is 0 Å². The van der Waals surface area contributed by atoms with E-state index in [1.165, 1.54) is 6.33 Å². The second-order valence-electron chi connectivity index (χ2n) is 8.87. The molecule has 2 heterocycles. The van der Waals surface area contributed by atoms with E-state index in [9.17, 15) is 0 Å². The van der Waals surface area contributed by atoms with E-state index >= 15 is 4.39 Å². The third-order valence-corrected chi connectivity index (χ3v) is 10.5. The lowest BCUT2D eigenvalue weighted by atomic mass is 10.1. The molecule has 0 aliphatic carbocycles. The molecule has 0 spiro atoms. The number of hydrogen-bond acceptors (Lipinski definition) is 5. The highest BCUT2D eigenvalue weighted by atomic mass is 28.4. The van der Waals surface area contributed by atoms with E-state index < -0.39 is 8.32 Å². The molecular weight excluding hydrogens is 371 g/mol. The first-order chi connectivity index (χ1) is 13.2. The van der Waals surface area contributed by atoms with Crippen LogP contribution >= 0.6 is 0 Å². The van der Waals surface area contributed by atoms with Crippen LogP contribution in [0.1, 0.15) is 26.3 Å². The second kappa shape index (κ2) is 8.17. The molecule has 0 atom stereocenters. The van der Waals surface area contributed by atoms with Gasteiger partial charge in [0.05, 0.1) is 30.4 Å². The molecule has 0 radical (unpaired) electrons. The Morgan fingerprint density at radius 1 is 1.04 bits per heavy atom. The number of aromatic nitrogens is 2. The first-order valence-corrected chi connectivity index (χ1v) is 12.8. The van der Waals surface area contributed by atoms with Crippen molar-refractivity contribution in [3.63, 3.8) is 0 Å². The lowest BCUT2D eigenvalue weighted by Gasteiger charge is -2.38. The van der Waals surface area contributed by atoms with Crippen molar-refractivity contribution < 1.29 is 8.82 Å². The molecule has 1 aliphatic heterocycles. The van der Waals surface area contributed by atoms with Gasteiger partial charge in [0.15, 0.2) is 14.1 Å². The Hall–Kier alpha value is -1.99. The summed E-state index contributed by atoms with van der Waals surface area (Å²) in [6.45, 7) is 14.5. The van der Waals surface area contributed by atoms with Gasteiger partial charge in [0.1, 0.15) is 6.33 Å². The molecular formula is C21H31FN4OSi. The van der Waals surface area contributed by atoms with E-state index in [2.05, 4.69) is 53.6 Å². The fourth-order valence-electron chi connectivity index (χ4n) is 3.06. The standard InChI is InChI=1S/C21H31FN4OSi/c1-21(2,3)28(4,5)27-15-17-7-6-8-19(20(17)22)26-11-9-25(10-12-26)18-13-23-16-24-14-18/h6-8,13-14,16H,9-12,15H2,1-5H3. The number of benzene rings is 1. The summed E-state index contributed by atoms with van der Waals surface area (Å²) in [5.74, 6) is -0.155. The van der Waals surface area contributed by atoms with Crippen LogP contribution in [0.15, 0.2) is 36.9 Å². The van der Waals surface area contributed by atoms with Gasteiger partial charge < -0.3 is 14.2 Å². The molecule has 7 heteroatoms. The van der Waals surface area contributed by atoms with Gasteiger partial charge in [-0.3, -0.25) is 0 Å². The minimum Gasteiger partial charge on any atom is -0.412 e. The molecule has 1 aromatic carbocycles. The van der Waals surface area contributed by atoms with Crippen molar-refractivity contribution in [2.45, 2.75) is 45.5 Å². The smallest absolute Gasteiger partial charge is 0.192 e. The molecule has 5 nitrogen and oxygen atoms in total. The van der Waals surface area contributed by atoms with Crippen LogP contribution in [0.3, 0.4) is 0 Å². The molecule has 28 heavy (non-hydrogen) atoms. The number of nitrogens with zero attached hydrogens (tertiary/aromatic N) is 4. The lowest BCUT2D eigenvalue weighted by molar-refractivity contribution is 0.271. The van der Waals surface area contributed by atoms with Gasteiger partial charge in [-0.25, -0.2) is 14.4 Å². The van der Waals surface area contributed by atoms with Crippen molar-refractivity contribution >= 4 is 19.7 Å². The van der Waals surface area contributed by atoms with Crippen LogP contribution in [0.25, 0.3) is 0 Å². The van der Waals surface area contributed by atoms with E-state index in [0.717, 1.165) is 31.9 Å². The maximum absolute atomic E-state index is 15.2. The predicted molar refractivity (Wildman–Crippen MR) is 115 cm³/mol. The van der Waals surface area contributed by atoms with Gasteiger partial charge in [-0.05, 0) is 24.2 Å². The van der Waals surface area contributed by atoms with Crippen molar-refractivity contribution in [1.29, 1.82) is 0 Å². The van der Waals surface area contributed by atoms with Crippen LogP contribution in [0, 0.1) is 5.82 Å². The number of anilines is 2. The molecule has 152 valence electrons. The Morgan fingerprint density at radius 3 is 2.25 bits per heavy atom. The topological polar surface area (TPSA) is 41.5 Å². The first-order valence-electron chi connectivity index (χ1n) is 9.85. The minimum atomic E-state index is -1.91. The Bertz CT molecular complexity index is 787. The Labute approximate surface area is 168 Å². The Kier molecular flexibility index (Phi) is 6.05. The molecule has 0 unspecified atom stereocenters. The van der Waals surface area contributed by atoms with Crippen LogP contribution in [-0.4, -0.2) is 44.5 Å². The first kappa shape index (κ1) is 20.7. The summed E-state index contributed by atoms with van der Waals surface area (Å²) < 4.78 is 21.4. The fourth-order valence-corrected chi connectivity index (χ4v) is 4.01. The molecule has 0 amide bonds. The molecule has 1 fully saturated rings.